The molecule has 3 heterocycles. The van der Waals surface area contributed by atoms with E-state index in [1.54, 1.807) is 0 Å². The molecule has 2 saturated heterocycles. The fraction of sp³-hybridized carbons (Fsp3) is 0.714. The summed E-state index contributed by atoms with van der Waals surface area (Å²) >= 11 is 0. The maximum absolute atomic E-state index is 5.57. The van der Waals surface area contributed by atoms with Gasteiger partial charge in [0.25, 0.3) is 0 Å². The average molecular weight is 262 g/mol. The van der Waals surface area contributed by atoms with Crippen molar-refractivity contribution in [2.24, 2.45) is 5.92 Å². The van der Waals surface area contributed by atoms with Gasteiger partial charge in [-0.3, -0.25) is 4.90 Å². The summed E-state index contributed by atoms with van der Waals surface area (Å²) in [6.45, 7) is 6.99. The van der Waals surface area contributed by atoms with Gasteiger partial charge < -0.3 is 9.64 Å². The van der Waals surface area contributed by atoms with Gasteiger partial charge in [0.15, 0.2) is 0 Å². The summed E-state index contributed by atoms with van der Waals surface area (Å²) in [6, 6.07) is 1.86. The molecule has 1 aromatic rings. The van der Waals surface area contributed by atoms with Gasteiger partial charge in [0.05, 0.1) is 12.1 Å². The van der Waals surface area contributed by atoms with Crippen molar-refractivity contribution in [2.45, 2.75) is 18.9 Å². The van der Waals surface area contributed by atoms with Crippen LogP contribution in [-0.2, 0) is 4.74 Å². The zero-order valence-electron chi connectivity index (χ0n) is 11.7. The number of likely N-dealkylation sites (N-methyl/N-ethyl adjacent to an activating group) is 1. The lowest BCUT2D eigenvalue weighted by Gasteiger charge is -2.51. The lowest BCUT2D eigenvalue weighted by atomic mass is 9.85. The minimum absolute atomic E-state index is 0.320. The predicted molar refractivity (Wildman–Crippen MR) is 74.2 cm³/mol. The van der Waals surface area contributed by atoms with E-state index in [1.165, 1.54) is 6.42 Å². The molecule has 2 fully saturated rings. The quantitative estimate of drug-likeness (QED) is 0.810. The first kappa shape index (κ1) is 12.8. The second-order valence-electron chi connectivity index (χ2n) is 5.74. The number of rotatable bonds is 4. The van der Waals surface area contributed by atoms with Gasteiger partial charge in [-0.2, -0.15) is 0 Å². The van der Waals surface area contributed by atoms with E-state index < -0.39 is 0 Å². The van der Waals surface area contributed by atoms with Crippen molar-refractivity contribution in [1.82, 2.24) is 14.9 Å². The van der Waals surface area contributed by atoms with Crippen LogP contribution in [0.1, 0.15) is 13.3 Å². The number of hydrogen-bond acceptors (Lipinski definition) is 5. The summed E-state index contributed by atoms with van der Waals surface area (Å²) < 4.78 is 5.57. The van der Waals surface area contributed by atoms with E-state index in [0.717, 1.165) is 38.8 Å². The maximum Gasteiger partial charge on any atom is 0.225 e. The maximum atomic E-state index is 5.57. The minimum Gasteiger partial charge on any atom is -0.381 e. The van der Waals surface area contributed by atoms with Gasteiger partial charge in [-0.25, -0.2) is 9.97 Å². The summed E-state index contributed by atoms with van der Waals surface area (Å²) in [5.74, 6) is 1.53. The SMILES string of the molecule is CCOC[C@H]1CN(C)C2(C1)CN(c1ncccn1)C2. The lowest BCUT2D eigenvalue weighted by Crippen LogP contribution is -2.67. The van der Waals surface area contributed by atoms with Crippen molar-refractivity contribution in [1.29, 1.82) is 0 Å². The van der Waals surface area contributed by atoms with Crippen molar-refractivity contribution < 1.29 is 4.74 Å². The van der Waals surface area contributed by atoms with Gasteiger partial charge in [0.2, 0.25) is 5.95 Å². The zero-order valence-corrected chi connectivity index (χ0v) is 11.7. The van der Waals surface area contributed by atoms with Crippen LogP contribution in [0.3, 0.4) is 0 Å². The van der Waals surface area contributed by atoms with Gasteiger partial charge in [0, 0.05) is 38.6 Å². The molecule has 5 nitrogen and oxygen atoms in total. The van der Waals surface area contributed by atoms with Gasteiger partial charge in [-0.1, -0.05) is 0 Å². The van der Waals surface area contributed by atoms with Crippen molar-refractivity contribution in [3.05, 3.63) is 18.5 Å². The number of likely N-dealkylation sites (tertiary alicyclic amines) is 1. The van der Waals surface area contributed by atoms with Crippen LogP contribution >= 0.6 is 0 Å². The van der Waals surface area contributed by atoms with Gasteiger partial charge >= 0.3 is 0 Å². The molecule has 1 aromatic heterocycles. The molecule has 0 aromatic carbocycles. The molecule has 1 spiro atoms. The van der Waals surface area contributed by atoms with E-state index in [2.05, 4.69) is 33.7 Å². The smallest absolute Gasteiger partial charge is 0.225 e. The molecule has 104 valence electrons. The summed E-state index contributed by atoms with van der Waals surface area (Å²) in [6.07, 6.45) is 4.85. The highest BCUT2D eigenvalue weighted by Crippen LogP contribution is 2.40. The van der Waals surface area contributed by atoms with Crippen LogP contribution in [0.15, 0.2) is 18.5 Å². The Morgan fingerprint density at radius 2 is 2.11 bits per heavy atom. The summed E-state index contributed by atoms with van der Waals surface area (Å²) in [4.78, 5) is 13.4. The zero-order chi connectivity index (χ0) is 13.3. The first-order chi connectivity index (χ1) is 9.23. The van der Waals surface area contributed by atoms with E-state index in [0.29, 0.717) is 11.5 Å². The Kier molecular flexibility index (Phi) is 3.41. The number of hydrogen-bond donors (Lipinski definition) is 0. The van der Waals surface area contributed by atoms with Crippen molar-refractivity contribution in [3.8, 4) is 0 Å². The van der Waals surface area contributed by atoms with Gasteiger partial charge in [-0.15, -0.1) is 0 Å². The highest BCUT2D eigenvalue weighted by Gasteiger charge is 2.52. The molecule has 0 unspecified atom stereocenters. The van der Waals surface area contributed by atoms with Crippen molar-refractivity contribution in [3.63, 3.8) is 0 Å². The van der Waals surface area contributed by atoms with Crippen LogP contribution in [0.4, 0.5) is 5.95 Å². The molecule has 0 bridgehead atoms. The Balaban J connectivity index is 1.59. The number of aromatic nitrogens is 2. The molecule has 3 rings (SSSR count). The monoisotopic (exact) mass is 262 g/mol. The molecule has 1 atom stereocenters. The molecule has 2 aliphatic heterocycles. The Bertz CT molecular complexity index is 419. The molecule has 0 saturated carbocycles. The fourth-order valence-corrected chi connectivity index (χ4v) is 3.37. The summed E-state index contributed by atoms with van der Waals surface area (Å²) in [5, 5.41) is 0. The third-order valence-corrected chi connectivity index (χ3v) is 4.37. The van der Waals surface area contributed by atoms with Crippen LogP contribution in [0, 0.1) is 5.92 Å². The Morgan fingerprint density at radius 1 is 1.37 bits per heavy atom. The van der Waals surface area contributed by atoms with E-state index in [9.17, 15) is 0 Å². The Morgan fingerprint density at radius 3 is 2.79 bits per heavy atom. The normalized spacial score (nSPS) is 25.8. The molecule has 0 radical (unpaired) electrons. The Labute approximate surface area is 114 Å². The number of ether oxygens (including phenoxy) is 1. The van der Waals surface area contributed by atoms with E-state index in [1.807, 2.05) is 18.5 Å². The standard InChI is InChI=1S/C14H22N4O/c1-3-19-9-12-7-14(17(2)8-12)10-18(11-14)13-15-5-4-6-16-13/h4-6,12H,3,7-11H2,1-2H3/t12-/m1/s1. The second kappa shape index (κ2) is 5.06. The van der Waals surface area contributed by atoms with Crippen LogP contribution in [-0.4, -0.2) is 60.3 Å². The molecule has 19 heavy (non-hydrogen) atoms. The van der Waals surface area contributed by atoms with E-state index in [-0.39, 0.29) is 0 Å². The minimum atomic E-state index is 0.320. The molecule has 5 heteroatoms. The average Bonchev–Trinajstić information content (AvgIpc) is 2.73. The molecule has 0 amide bonds. The van der Waals surface area contributed by atoms with Crippen LogP contribution < -0.4 is 4.90 Å². The second-order valence-corrected chi connectivity index (χ2v) is 5.74. The first-order valence-corrected chi connectivity index (χ1v) is 7.04. The molecule has 0 N–H and O–H groups in total. The third-order valence-electron chi connectivity index (χ3n) is 4.37. The molecular weight excluding hydrogens is 240 g/mol. The highest BCUT2D eigenvalue weighted by molar-refractivity contribution is 5.38. The predicted octanol–water partition coefficient (Wildman–Crippen LogP) is 1.02. The number of anilines is 1. The van der Waals surface area contributed by atoms with E-state index >= 15 is 0 Å². The summed E-state index contributed by atoms with van der Waals surface area (Å²) in [5.41, 5.74) is 0.320. The van der Waals surface area contributed by atoms with E-state index in [4.69, 9.17) is 4.74 Å². The summed E-state index contributed by atoms with van der Waals surface area (Å²) in [7, 11) is 2.23. The van der Waals surface area contributed by atoms with Crippen molar-refractivity contribution in [2.75, 3.05) is 44.8 Å². The fourth-order valence-electron chi connectivity index (χ4n) is 3.37. The van der Waals surface area contributed by atoms with Gasteiger partial charge in [-0.05, 0) is 32.4 Å². The molecular formula is C14H22N4O. The Hall–Kier alpha value is -1.20. The largest absolute Gasteiger partial charge is 0.381 e. The first-order valence-electron chi connectivity index (χ1n) is 7.04. The highest BCUT2D eigenvalue weighted by atomic mass is 16.5. The van der Waals surface area contributed by atoms with Crippen LogP contribution in [0.5, 0.6) is 0 Å². The topological polar surface area (TPSA) is 41.5 Å². The van der Waals surface area contributed by atoms with Crippen molar-refractivity contribution >= 4 is 5.95 Å². The van der Waals surface area contributed by atoms with Crippen LogP contribution in [0.25, 0.3) is 0 Å². The van der Waals surface area contributed by atoms with Gasteiger partial charge in [0.1, 0.15) is 0 Å². The number of nitrogens with zero attached hydrogens (tertiary/aromatic N) is 4. The molecule has 2 aliphatic rings. The lowest BCUT2D eigenvalue weighted by molar-refractivity contribution is 0.112. The van der Waals surface area contributed by atoms with Crippen LogP contribution in [0.2, 0.25) is 0 Å². The molecule has 0 aliphatic carbocycles. The third kappa shape index (κ3) is 2.32.